The maximum Gasteiger partial charge on any atom is 0.166 e. The molecule has 1 aliphatic heterocycles. The van der Waals surface area contributed by atoms with Crippen molar-refractivity contribution in [2.24, 2.45) is 5.92 Å². The summed E-state index contributed by atoms with van der Waals surface area (Å²) < 4.78 is 0. The average Bonchev–Trinajstić information content (AvgIpc) is 2.68. The van der Waals surface area contributed by atoms with Gasteiger partial charge in [-0.05, 0) is 30.3 Å². The smallest absolute Gasteiger partial charge is 0.166 e. The molecule has 0 amide bonds. The van der Waals surface area contributed by atoms with Crippen molar-refractivity contribution in [1.29, 1.82) is 5.26 Å². The van der Waals surface area contributed by atoms with Crippen molar-refractivity contribution in [2.75, 3.05) is 29.9 Å². The molecule has 0 aromatic carbocycles. The number of aromatic nitrogens is 5. The highest BCUT2D eigenvalue weighted by Gasteiger charge is 2.28. The van der Waals surface area contributed by atoms with Crippen molar-refractivity contribution < 1.29 is 0 Å². The zero-order valence-corrected chi connectivity index (χ0v) is 13.9. The Kier molecular flexibility index (Phi) is 4.35. The fourth-order valence-electron chi connectivity index (χ4n) is 2.85. The zero-order valence-electron chi connectivity index (χ0n) is 13.9. The molecular weight excluding hydrogens is 328 g/mol. The molecule has 1 fully saturated rings. The third kappa shape index (κ3) is 3.28. The molecule has 3 aromatic heterocycles. The van der Waals surface area contributed by atoms with Crippen LogP contribution in [-0.4, -0.2) is 45.0 Å². The van der Waals surface area contributed by atoms with Gasteiger partial charge >= 0.3 is 0 Å². The van der Waals surface area contributed by atoms with E-state index in [0.717, 1.165) is 36.7 Å². The fraction of sp³-hybridized carbons (Fsp3) is 0.222. The van der Waals surface area contributed by atoms with Crippen molar-refractivity contribution in [2.45, 2.75) is 0 Å². The van der Waals surface area contributed by atoms with Gasteiger partial charge in [0, 0.05) is 43.5 Å². The lowest BCUT2D eigenvalue weighted by Crippen LogP contribution is -2.50. The van der Waals surface area contributed by atoms with Gasteiger partial charge in [0.25, 0.3) is 0 Å². The molecule has 0 bridgehead atoms. The molecule has 1 aliphatic rings. The topological polar surface area (TPSA) is 104 Å². The second-order valence-electron chi connectivity index (χ2n) is 6.07. The summed E-state index contributed by atoms with van der Waals surface area (Å²) in [7, 11) is 0. The Balaban J connectivity index is 1.31. The van der Waals surface area contributed by atoms with E-state index in [4.69, 9.17) is 5.26 Å². The van der Waals surface area contributed by atoms with E-state index in [1.165, 1.54) is 6.20 Å². The van der Waals surface area contributed by atoms with Crippen LogP contribution < -0.4 is 10.2 Å². The standard InChI is InChI=1S/C18H16N8/c19-9-15-5-8-22-25-18(15)21-10-13-11-26(12-13)17-2-1-16(23-24-17)14-3-6-20-7-4-14/h1-8,13H,10-12H2,(H,21,25). The van der Waals surface area contributed by atoms with Crippen molar-refractivity contribution in [3.05, 3.63) is 54.5 Å². The van der Waals surface area contributed by atoms with E-state index in [1.807, 2.05) is 24.3 Å². The molecule has 8 nitrogen and oxygen atoms in total. The van der Waals surface area contributed by atoms with Crippen molar-refractivity contribution >= 4 is 11.6 Å². The van der Waals surface area contributed by atoms with Crippen molar-refractivity contribution in [3.63, 3.8) is 0 Å². The van der Waals surface area contributed by atoms with Crippen LogP contribution in [0.2, 0.25) is 0 Å². The number of rotatable bonds is 5. The maximum atomic E-state index is 9.07. The number of nitrogens with zero attached hydrogens (tertiary/aromatic N) is 7. The molecule has 0 atom stereocenters. The minimum atomic E-state index is 0.463. The Hall–Kier alpha value is -3.60. The third-order valence-corrected chi connectivity index (χ3v) is 4.31. The van der Waals surface area contributed by atoms with Crippen LogP contribution in [0.3, 0.4) is 0 Å². The average molecular weight is 344 g/mol. The summed E-state index contributed by atoms with van der Waals surface area (Å²) in [5.74, 6) is 1.87. The molecule has 26 heavy (non-hydrogen) atoms. The molecule has 3 aromatic rings. The van der Waals surface area contributed by atoms with E-state index in [9.17, 15) is 0 Å². The monoisotopic (exact) mass is 344 g/mol. The first-order valence-electron chi connectivity index (χ1n) is 8.28. The number of pyridine rings is 1. The summed E-state index contributed by atoms with van der Waals surface area (Å²) in [6.45, 7) is 2.52. The zero-order chi connectivity index (χ0) is 17.8. The first-order valence-corrected chi connectivity index (χ1v) is 8.28. The Morgan fingerprint density at radius 3 is 2.62 bits per heavy atom. The van der Waals surface area contributed by atoms with Crippen LogP contribution in [0.5, 0.6) is 0 Å². The SMILES string of the molecule is N#Cc1ccnnc1NCC1CN(c2ccc(-c3ccncc3)nn2)C1. The highest BCUT2D eigenvalue weighted by molar-refractivity contribution is 5.59. The fourth-order valence-corrected chi connectivity index (χ4v) is 2.85. The molecule has 0 unspecified atom stereocenters. The van der Waals surface area contributed by atoms with Gasteiger partial charge in [0.1, 0.15) is 6.07 Å². The number of hydrogen-bond donors (Lipinski definition) is 1. The summed E-state index contributed by atoms with van der Waals surface area (Å²) in [6.07, 6.45) is 5.00. The molecule has 0 radical (unpaired) electrons. The molecule has 128 valence electrons. The van der Waals surface area contributed by atoms with Gasteiger partial charge in [-0.25, -0.2) is 0 Å². The molecule has 0 saturated carbocycles. The van der Waals surface area contributed by atoms with E-state index >= 15 is 0 Å². The lowest BCUT2D eigenvalue weighted by molar-refractivity contribution is 0.425. The van der Waals surface area contributed by atoms with E-state index in [2.05, 4.69) is 41.7 Å². The van der Waals surface area contributed by atoms with Crippen LogP contribution >= 0.6 is 0 Å². The van der Waals surface area contributed by atoms with Gasteiger partial charge in [0.2, 0.25) is 0 Å². The summed E-state index contributed by atoms with van der Waals surface area (Å²) in [4.78, 5) is 6.19. The van der Waals surface area contributed by atoms with Gasteiger partial charge in [0.05, 0.1) is 17.5 Å². The van der Waals surface area contributed by atoms with Gasteiger partial charge < -0.3 is 10.2 Å². The van der Waals surface area contributed by atoms with Crippen LogP contribution in [0, 0.1) is 17.2 Å². The second-order valence-corrected chi connectivity index (χ2v) is 6.07. The second kappa shape index (κ2) is 7.11. The predicted molar refractivity (Wildman–Crippen MR) is 96.2 cm³/mol. The number of nitrogens with one attached hydrogen (secondary N) is 1. The minimum absolute atomic E-state index is 0.463. The lowest BCUT2D eigenvalue weighted by Gasteiger charge is -2.40. The van der Waals surface area contributed by atoms with Crippen molar-refractivity contribution in [3.8, 4) is 17.3 Å². The summed E-state index contributed by atoms with van der Waals surface area (Å²) in [6, 6.07) is 11.6. The van der Waals surface area contributed by atoms with Crippen LogP contribution in [0.15, 0.2) is 48.9 Å². The Labute approximate surface area is 150 Å². The summed E-state index contributed by atoms with van der Waals surface area (Å²) in [5.41, 5.74) is 2.34. The molecule has 4 heterocycles. The van der Waals surface area contributed by atoms with Crippen molar-refractivity contribution in [1.82, 2.24) is 25.4 Å². The van der Waals surface area contributed by atoms with Crippen LogP contribution in [0.4, 0.5) is 11.6 Å². The largest absolute Gasteiger partial charge is 0.367 e. The number of anilines is 2. The van der Waals surface area contributed by atoms with Gasteiger partial charge in [-0.15, -0.1) is 15.3 Å². The predicted octanol–water partition coefficient (Wildman–Crippen LogP) is 1.75. The normalized spacial score (nSPS) is 13.7. The van der Waals surface area contributed by atoms with Crippen LogP contribution in [0.25, 0.3) is 11.3 Å². The first kappa shape index (κ1) is 15.9. The quantitative estimate of drug-likeness (QED) is 0.746. The first-order chi connectivity index (χ1) is 12.8. The van der Waals surface area contributed by atoms with Crippen LogP contribution in [-0.2, 0) is 0 Å². The maximum absolute atomic E-state index is 9.07. The Bertz CT molecular complexity index is 914. The third-order valence-electron chi connectivity index (χ3n) is 4.31. The molecule has 1 N–H and O–H groups in total. The highest BCUT2D eigenvalue weighted by Crippen LogP contribution is 2.24. The molecular formula is C18H16N8. The van der Waals surface area contributed by atoms with E-state index in [0.29, 0.717) is 17.3 Å². The van der Waals surface area contributed by atoms with Gasteiger partial charge in [-0.2, -0.15) is 10.4 Å². The molecule has 1 saturated heterocycles. The Morgan fingerprint density at radius 2 is 1.88 bits per heavy atom. The molecule has 8 heteroatoms. The molecule has 0 aliphatic carbocycles. The van der Waals surface area contributed by atoms with Gasteiger partial charge in [0.15, 0.2) is 11.6 Å². The number of hydrogen-bond acceptors (Lipinski definition) is 8. The summed E-state index contributed by atoms with van der Waals surface area (Å²) in [5, 5.41) is 28.7. The molecule has 4 rings (SSSR count). The highest BCUT2D eigenvalue weighted by atomic mass is 15.3. The van der Waals surface area contributed by atoms with Crippen LogP contribution in [0.1, 0.15) is 5.56 Å². The number of nitriles is 1. The van der Waals surface area contributed by atoms with E-state index in [-0.39, 0.29) is 0 Å². The Morgan fingerprint density at radius 1 is 1.04 bits per heavy atom. The lowest BCUT2D eigenvalue weighted by atomic mass is 10.00. The van der Waals surface area contributed by atoms with E-state index < -0.39 is 0 Å². The minimum Gasteiger partial charge on any atom is -0.367 e. The summed E-state index contributed by atoms with van der Waals surface area (Å²) >= 11 is 0. The van der Waals surface area contributed by atoms with Gasteiger partial charge in [-0.1, -0.05) is 0 Å². The van der Waals surface area contributed by atoms with Gasteiger partial charge in [-0.3, -0.25) is 4.98 Å². The molecule has 0 spiro atoms. The van der Waals surface area contributed by atoms with E-state index in [1.54, 1.807) is 18.5 Å².